The standard InChI is InChI=1S/C23H21N2O2.C5H5.Fe/c26-22-18-10-6-9-17-20(24-13-4-1-5-14-24)12-11-19(21(17)18)23(27)25(22)15-16-7-2-3-8-16;1-2-4-5-3-1;/h2-3,6-12H,1,4-5,13-15H2;1-5H;/q2*-1;. The molecule has 0 radical (unpaired) electrons. The fourth-order valence-electron chi connectivity index (χ4n) is 4.71. The van der Waals surface area contributed by atoms with Gasteiger partial charge in [0.2, 0.25) is 0 Å². The molecule has 0 aliphatic carbocycles. The van der Waals surface area contributed by atoms with Crippen LogP contribution in [0.3, 0.4) is 0 Å². The van der Waals surface area contributed by atoms with Gasteiger partial charge in [0.1, 0.15) is 0 Å². The van der Waals surface area contributed by atoms with E-state index >= 15 is 0 Å². The zero-order valence-electron chi connectivity index (χ0n) is 18.4. The van der Waals surface area contributed by atoms with Crippen molar-refractivity contribution in [3.63, 3.8) is 0 Å². The Labute approximate surface area is 205 Å². The van der Waals surface area contributed by atoms with E-state index in [4.69, 9.17) is 0 Å². The summed E-state index contributed by atoms with van der Waals surface area (Å²) in [6.45, 7) is 2.38. The molecule has 4 aromatic carbocycles. The van der Waals surface area contributed by atoms with Crippen LogP contribution >= 0.6 is 0 Å². The monoisotopic (exact) mass is 478 g/mol. The van der Waals surface area contributed by atoms with Crippen molar-refractivity contribution in [2.24, 2.45) is 0 Å². The fraction of sp³-hybridized carbons (Fsp3) is 0.214. The minimum atomic E-state index is -0.199. The molecule has 0 N–H and O–H groups in total. The molecule has 2 aliphatic heterocycles. The molecule has 0 aromatic heterocycles. The summed E-state index contributed by atoms with van der Waals surface area (Å²) in [5.41, 5.74) is 3.37. The number of amides is 2. The molecule has 4 nitrogen and oxygen atoms in total. The number of nitrogens with zero attached hydrogens (tertiary/aromatic N) is 2. The number of carbonyl (C=O) groups excluding carboxylic acids is 2. The molecule has 0 unspecified atom stereocenters. The Hall–Kier alpha value is -3.14. The summed E-state index contributed by atoms with van der Waals surface area (Å²) in [7, 11) is 0. The summed E-state index contributed by atoms with van der Waals surface area (Å²) < 4.78 is 0. The number of hydrogen-bond acceptors (Lipinski definition) is 3. The average molecular weight is 478 g/mol. The van der Waals surface area contributed by atoms with Crippen LogP contribution in [-0.4, -0.2) is 29.8 Å². The maximum Gasteiger partial charge on any atom is 0.260 e. The van der Waals surface area contributed by atoms with E-state index in [2.05, 4.69) is 11.0 Å². The van der Waals surface area contributed by atoms with Crippen LogP contribution in [0, 0.1) is 0 Å². The molecule has 170 valence electrons. The summed E-state index contributed by atoms with van der Waals surface area (Å²) in [5, 5.41) is 1.83. The van der Waals surface area contributed by atoms with Gasteiger partial charge in [-0.05, 0) is 37.5 Å². The Morgan fingerprint density at radius 2 is 1.45 bits per heavy atom. The molecular formula is C28H26FeN2O2-2. The van der Waals surface area contributed by atoms with Crippen LogP contribution in [0.4, 0.5) is 5.69 Å². The van der Waals surface area contributed by atoms with Gasteiger partial charge in [-0.1, -0.05) is 12.1 Å². The zero-order chi connectivity index (χ0) is 21.9. The van der Waals surface area contributed by atoms with Gasteiger partial charge in [-0.25, -0.2) is 24.3 Å². The quantitative estimate of drug-likeness (QED) is 0.214. The van der Waals surface area contributed by atoms with Gasteiger partial charge >= 0.3 is 0 Å². The number of hydrogen-bond donors (Lipinski definition) is 0. The second kappa shape index (κ2) is 10.2. The minimum absolute atomic E-state index is 0. The molecule has 0 atom stereocenters. The van der Waals surface area contributed by atoms with Crippen LogP contribution in [0.25, 0.3) is 10.8 Å². The van der Waals surface area contributed by atoms with Gasteiger partial charge in [-0.2, -0.15) is 30.3 Å². The largest absolute Gasteiger partial charge is 0.371 e. The number of benzene rings is 2. The van der Waals surface area contributed by atoms with E-state index in [0.717, 1.165) is 35.1 Å². The van der Waals surface area contributed by atoms with Gasteiger partial charge in [0.15, 0.2) is 0 Å². The molecule has 5 heteroatoms. The van der Waals surface area contributed by atoms with Crippen LogP contribution < -0.4 is 4.90 Å². The molecule has 2 aliphatic rings. The Bertz CT molecular complexity index is 1180. The van der Waals surface area contributed by atoms with Crippen LogP contribution in [0.1, 0.15) is 45.5 Å². The first kappa shape index (κ1) is 23.0. The Morgan fingerprint density at radius 1 is 0.788 bits per heavy atom. The molecule has 33 heavy (non-hydrogen) atoms. The third kappa shape index (κ3) is 4.52. The molecule has 0 spiro atoms. The Balaban J connectivity index is 0.000000385. The molecule has 2 heterocycles. The van der Waals surface area contributed by atoms with E-state index in [-0.39, 0.29) is 28.9 Å². The molecular weight excluding hydrogens is 452 g/mol. The Morgan fingerprint density at radius 3 is 2.09 bits per heavy atom. The topological polar surface area (TPSA) is 40.6 Å². The first-order valence-corrected chi connectivity index (χ1v) is 11.3. The number of carbonyl (C=O) groups is 2. The first-order valence-electron chi connectivity index (χ1n) is 11.3. The molecule has 0 bridgehead atoms. The molecule has 1 fully saturated rings. The summed E-state index contributed by atoms with van der Waals surface area (Å²) in [6.07, 6.45) is 3.65. The van der Waals surface area contributed by atoms with Gasteiger partial charge in [0, 0.05) is 64.3 Å². The fourth-order valence-corrected chi connectivity index (χ4v) is 4.71. The van der Waals surface area contributed by atoms with E-state index in [1.54, 1.807) is 0 Å². The van der Waals surface area contributed by atoms with Crippen molar-refractivity contribution in [2.75, 3.05) is 18.0 Å². The predicted molar refractivity (Wildman–Crippen MR) is 128 cm³/mol. The van der Waals surface area contributed by atoms with Gasteiger partial charge in [-0.15, -0.1) is 5.56 Å². The maximum absolute atomic E-state index is 13.1. The predicted octanol–water partition coefficient (Wildman–Crippen LogP) is 5.75. The van der Waals surface area contributed by atoms with E-state index in [9.17, 15) is 9.59 Å². The van der Waals surface area contributed by atoms with Crippen LogP contribution in [0.2, 0.25) is 0 Å². The van der Waals surface area contributed by atoms with Gasteiger partial charge in [-0.3, -0.25) is 14.5 Å². The first-order chi connectivity index (χ1) is 15.7. The average Bonchev–Trinajstić information content (AvgIpc) is 3.58. The third-order valence-electron chi connectivity index (χ3n) is 6.29. The maximum atomic E-state index is 13.1. The van der Waals surface area contributed by atoms with Crippen molar-refractivity contribution in [3.05, 3.63) is 102 Å². The van der Waals surface area contributed by atoms with Crippen molar-refractivity contribution >= 4 is 28.3 Å². The van der Waals surface area contributed by atoms with E-state index < -0.39 is 0 Å². The van der Waals surface area contributed by atoms with Gasteiger partial charge < -0.3 is 4.90 Å². The van der Waals surface area contributed by atoms with Crippen molar-refractivity contribution in [2.45, 2.75) is 25.8 Å². The molecule has 0 saturated carbocycles. The summed E-state index contributed by atoms with van der Waals surface area (Å²) in [4.78, 5) is 30.0. The van der Waals surface area contributed by atoms with E-state index in [0.29, 0.717) is 17.7 Å². The minimum Gasteiger partial charge on any atom is -0.371 e. The zero-order valence-corrected chi connectivity index (χ0v) is 19.5. The second-order valence-corrected chi connectivity index (χ2v) is 8.36. The van der Waals surface area contributed by atoms with Crippen molar-refractivity contribution in [3.8, 4) is 0 Å². The molecule has 1 saturated heterocycles. The van der Waals surface area contributed by atoms with Crippen molar-refractivity contribution in [1.82, 2.24) is 4.90 Å². The van der Waals surface area contributed by atoms with Crippen LogP contribution in [0.5, 0.6) is 0 Å². The number of anilines is 1. The normalized spacial score (nSPS) is 15.2. The number of rotatable bonds is 3. The van der Waals surface area contributed by atoms with E-state index in [1.165, 1.54) is 24.2 Å². The summed E-state index contributed by atoms with van der Waals surface area (Å²) in [5.74, 6) is -0.398. The van der Waals surface area contributed by atoms with Crippen LogP contribution in [0.15, 0.2) is 84.9 Å². The summed E-state index contributed by atoms with van der Waals surface area (Å²) >= 11 is 0. The van der Waals surface area contributed by atoms with Crippen molar-refractivity contribution in [1.29, 1.82) is 0 Å². The molecule has 4 aromatic rings. The SMILES string of the molecule is O=C1c2cccc3c(N4CCCCC4)ccc(c23)C(=O)N1C[c-]1cccc1.[Fe].c1cc[cH-]c1. The third-order valence-corrected chi connectivity index (χ3v) is 6.29. The summed E-state index contributed by atoms with van der Waals surface area (Å²) in [6, 6.07) is 27.5. The smallest absolute Gasteiger partial charge is 0.260 e. The Kier molecular flexibility index (Phi) is 7.12. The van der Waals surface area contributed by atoms with E-state index in [1.807, 2.05) is 78.9 Å². The molecule has 6 rings (SSSR count). The number of imide groups is 1. The van der Waals surface area contributed by atoms with Gasteiger partial charge in [0.05, 0.1) is 0 Å². The van der Waals surface area contributed by atoms with Crippen molar-refractivity contribution < 1.29 is 26.7 Å². The van der Waals surface area contributed by atoms with Gasteiger partial charge in [0.25, 0.3) is 11.8 Å². The molecule has 2 amide bonds. The number of piperidine rings is 1. The van der Waals surface area contributed by atoms with Crippen LogP contribution in [-0.2, 0) is 23.6 Å². The second-order valence-electron chi connectivity index (χ2n) is 8.36.